The third-order valence-corrected chi connectivity index (χ3v) is 7.21. The van der Waals surface area contributed by atoms with Gasteiger partial charge in [0, 0.05) is 37.7 Å². The first kappa shape index (κ1) is 35.0. The fraction of sp³-hybridized carbons (Fsp3) is 0.483. The molecule has 1 aliphatic rings. The summed E-state index contributed by atoms with van der Waals surface area (Å²) in [6.07, 6.45) is -1.53. The highest BCUT2D eigenvalue weighted by Gasteiger charge is 2.38. The molecule has 42 heavy (non-hydrogen) atoms. The summed E-state index contributed by atoms with van der Waals surface area (Å²) in [7, 11) is 1.66. The molecule has 0 aromatic heterocycles. The summed E-state index contributed by atoms with van der Waals surface area (Å²) in [6, 6.07) is 12.8. The van der Waals surface area contributed by atoms with E-state index in [2.05, 4.69) is 17.1 Å². The number of carboxylic acid groups (broad SMARTS) is 1. The number of rotatable bonds is 10. The lowest BCUT2D eigenvalue weighted by molar-refractivity contribution is -0.192. The Bertz CT molecular complexity index is 1170. The number of aryl methyl sites for hydroxylation is 1. The van der Waals surface area contributed by atoms with Crippen molar-refractivity contribution in [2.75, 3.05) is 26.7 Å². The van der Waals surface area contributed by atoms with Crippen molar-refractivity contribution < 1.29 is 37.1 Å². The topological polar surface area (TPSA) is 116 Å². The number of carbonyl (C=O) groups excluding carboxylic acids is 2. The lowest BCUT2D eigenvalue weighted by atomic mass is 9.98. The monoisotopic (exact) mass is 616 g/mol. The van der Waals surface area contributed by atoms with Crippen molar-refractivity contribution in [3.05, 3.63) is 70.5 Å². The largest absolute Gasteiger partial charge is 0.490 e. The van der Waals surface area contributed by atoms with Gasteiger partial charge in [-0.2, -0.15) is 13.2 Å². The van der Waals surface area contributed by atoms with E-state index in [1.165, 1.54) is 12.1 Å². The molecule has 4 N–H and O–H groups in total. The molecule has 0 bridgehead atoms. The zero-order valence-electron chi connectivity index (χ0n) is 23.5. The molecule has 0 aliphatic carbocycles. The van der Waals surface area contributed by atoms with Crippen molar-refractivity contribution in [1.29, 1.82) is 0 Å². The van der Waals surface area contributed by atoms with Crippen molar-refractivity contribution in [1.82, 2.24) is 15.1 Å². The Morgan fingerprint density at radius 3 is 2.17 bits per heavy atom. The molecule has 0 radical (unpaired) electrons. The first-order chi connectivity index (χ1) is 19.8. The van der Waals surface area contributed by atoms with E-state index >= 15 is 0 Å². The van der Waals surface area contributed by atoms with Gasteiger partial charge in [0.15, 0.2) is 0 Å². The van der Waals surface area contributed by atoms with Crippen molar-refractivity contribution in [3.8, 4) is 0 Å². The van der Waals surface area contributed by atoms with Gasteiger partial charge in [-0.25, -0.2) is 9.18 Å². The molecule has 3 atom stereocenters. The quantitative estimate of drug-likeness (QED) is 0.347. The van der Waals surface area contributed by atoms with Gasteiger partial charge in [0.1, 0.15) is 5.82 Å². The second kappa shape index (κ2) is 16.4. The molecule has 13 heteroatoms. The number of likely N-dealkylation sites (N-methyl/N-ethyl adjacent to an activating group) is 1. The number of alkyl halides is 3. The number of hydrogen-bond donors (Lipinski definition) is 3. The van der Waals surface area contributed by atoms with Gasteiger partial charge in [0.25, 0.3) is 0 Å². The highest BCUT2D eigenvalue weighted by molar-refractivity contribution is 6.30. The lowest BCUT2D eigenvalue weighted by Crippen LogP contribution is -2.62. The fourth-order valence-electron chi connectivity index (χ4n) is 4.81. The number of hydrogen-bond acceptors (Lipinski definition) is 5. The molecule has 1 heterocycles. The number of nitrogens with zero attached hydrogens (tertiary/aromatic N) is 2. The van der Waals surface area contributed by atoms with Crippen molar-refractivity contribution in [2.45, 2.75) is 63.3 Å². The van der Waals surface area contributed by atoms with Gasteiger partial charge in [-0.3, -0.25) is 14.5 Å². The number of nitrogens with one attached hydrogen (secondary N) is 1. The molecule has 3 rings (SSSR count). The third kappa shape index (κ3) is 10.9. The van der Waals surface area contributed by atoms with Crippen LogP contribution in [-0.4, -0.2) is 83.7 Å². The molecular formula is C29H37ClF4N4O4. The minimum Gasteiger partial charge on any atom is -0.475 e. The SMILES string of the molecule is CCCC1CN(C(CCc2ccc(Cl)cc2)C(=O)NC)CCN1C(=O)C(N)Cc1ccc(F)cc1.O=C(O)C(F)(F)F. The van der Waals surface area contributed by atoms with E-state index in [4.69, 9.17) is 27.2 Å². The molecule has 8 nitrogen and oxygen atoms in total. The summed E-state index contributed by atoms with van der Waals surface area (Å²) >= 11 is 6.00. The number of nitrogens with two attached hydrogens (primary N) is 1. The van der Waals surface area contributed by atoms with E-state index in [1.807, 2.05) is 29.2 Å². The van der Waals surface area contributed by atoms with Crippen molar-refractivity contribution in [3.63, 3.8) is 0 Å². The Balaban J connectivity index is 0.000000782. The summed E-state index contributed by atoms with van der Waals surface area (Å²) in [5.41, 5.74) is 8.26. The van der Waals surface area contributed by atoms with E-state index in [-0.39, 0.29) is 29.7 Å². The standard InChI is InChI=1S/C27H36ClFN4O2.C2HF3O2/c1-3-4-23-18-32(25(26(34)31-2)14-9-19-5-10-21(28)11-6-19)15-16-33(23)27(35)24(30)17-20-7-12-22(29)13-8-20;3-2(4,5)1(6)7/h5-8,10-13,23-25H,3-4,9,14-18,30H2,1-2H3,(H,31,34);(H,6,7). The van der Waals surface area contributed by atoms with E-state index in [0.717, 1.165) is 30.4 Å². The van der Waals surface area contributed by atoms with Gasteiger partial charge in [-0.15, -0.1) is 0 Å². The van der Waals surface area contributed by atoms with E-state index in [1.54, 1.807) is 19.2 Å². The average Bonchev–Trinajstić information content (AvgIpc) is 2.95. The van der Waals surface area contributed by atoms with Crippen LogP contribution < -0.4 is 11.1 Å². The third-order valence-electron chi connectivity index (χ3n) is 6.96. The molecule has 1 aliphatic heterocycles. The predicted molar refractivity (Wildman–Crippen MR) is 151 cm³/mol. The normalized spacial score (nSPS) is 17.0. The average molecular weight is 617 g/mol. The van der Waals surface area contributed by atoms with Gasteiger partial charge >= 0.3 is 12.1 Å². The fourth-order valence-corrected chi connectivity index (χ4v) is 4.93. The molecule has 1 saturated heterocycles. The number of carbonyl (C=O) groups is 3. The molecule has 2 amide bonds. The number of carboxylic acids is 1. The Morgan fingerprint density at radius 1 is 1.07 bits per heavy atom. The molecular weight excluding hydrogens is 580 g/mol. The van der Waals surface area contributed by atoms with Crippen LogP contribution in [0.2, 0.25) is 5.02 Å². The molecule has 0 spiro atoms. The highest BCUT2D eigenvalue weighted by atomic mass is 35.5. The predicted octanol–water partition coefficient (Wildman–Crippen LogP) is 4.04. The van der Waals surface area contributed by atoms with Crippen LogP contribution in [0.15, 0.2) is 48.5 Å². The Hall–Kier alpha value is -3.22. The molecule has 1 fully saturated rings. The Kier molecular flexibility index (Phi) is 13.7. The van der Waals surface area contributed by atoms with Crippen LogP contribution in [0.25, 0.3) is 0 Å². The maximum Gasteiger partial charge on any atom is 0.490 e. The second-order valence-electron chi connectivity index (χ2n) is 10.0. The van der Waals surface area contributed by atoms with Crippen LogP contribution in [0.5, 0.6) is 0 Å². The Labute approximate surface area is 247 Å². The number of amides is 2. The first-order valence-corrected chi connectivity index (χ1v) is 13.9. The number of piperazine rings is 1. The zero-order chi connectivity index (χ0) is 31.4. The van der Waals surface area contributed by atoms with Crippen LogP contribution in [0.1, 0.15) is 37.3 Å². The van der Waals surface area contributed by atoms with Crippen LogP contribution in [0.3, 0.4) is 0 Å². The van der Waals surface area contributed by atoms with Crippen LogP contribution >= 0.6 is 11.6 Å². The molecule has 232 valence electrons. The van der Waals surface area contributed by atoms with Crippen molar-refractivity contribution >= 4 is 29.4 Å². The maximum atomic E-state index is 13.3. The summed E-state index contributed by atoms with van der Waals surface area (Å²) in [5, 5.41) is 10.6. The molecule has 2 aromatic carbocycles. The minimum atomic E-state index is -5.08. The number of aliphatic carboxylic acids is 1. The highest BCUT2D eigenvalue weighted by Crippen LogP contribution is 2.21. The van der Waals surface area contributed by atoms with Gasteiger partial charge in [0.05, 0.1) is 12.1 Å². The zero-order valence-corrected chi connectivity index (χ0v) is 24.3. The number of benzene rings is 2. The van der Waals surface area contributed by atoms with Gasteiger partial charge in [-0.05, 0) is 61.1 Å². The summed E-state index contributed by atoms with van der Waals surface area (Å²) in [6.45, 7) is 3.85. The van der Waals surface area contributed by atoms with Gasteiger partial charge in [0.2, 0.25) is 11.8 Å². The van der Waals surface area contributed by atoms with E-state index < -0.39 is 18.2 Å². The smallest absolute Gasteiger partial charge is 0.475 e. The van der Waals surface area contributed by atoms with Crippen LogP contribution in [-0.2, 0) is 27.2 Å². The summed E-state index contributed by atoms with van der Waals surface area (Å²) < 4.78 is 45.0. The molecule has 0 saturated carbocycles. The van der Waals surface area contributed by atoms with Gasteiger partial charge in [-0.1, -0.05) is 49.2 Å². The van der Waals surface area contributed by atoms with Crippen molar-refractivity contribution in [2.24, 2.45) is 5.73 Å². The summed E-state index contributed by atoms with van der Waals surface area (Å²) in [5.74, 6) is -3.17. The molecule has 3 unspecified atom stereocenters. The Morgan fingerprint density at radius 2 is 1.64 bits per heavy atom. The number of halogens is 5. The summed E-state index contributed by atoms with van der Waals surface area (Å²) in [4.78, 5) is 39.1. The minimum absolute atomic E-state index is 0.0109. The first-order valence-electron chi connectivity index (χ1n) is 13.6. The second-order valence-corrected chi connectivity index (χ2v) is 10.4. The van der Waals surface area contributed by atoms with Crippen LogP contribution in [0.4, 0.5) is 17.6 Å². The maximum absolute atomic E-state index is 13.3. The van der Waals surface area contributed by atoms with E-state index in [0.29, 0.717) is 37.5 Å². The molecule has 2 aromatic rings. The van der Waals surface area contributed by atoms with Gasteiger partial charge < -0.3 is 21.1 Å². The van der Waals surface area contributed by atoms with Crippen LogP contribution in [0, 0.1) is 5.82 Å². The lowest BCUT2D eigenvalue weighted by Gasteiger charge is -2.44. The van der Waals surface area contributed by atoms with E-state index in [9.17, 15) is 27.2 Å².